The molecule has 0 aliphatic rings. The highest BCUT2D eigenvalue weighted by atomic mass is 35.5. The number of nitrogens with zero attached hydrogens (tertiary/aromatic N) is 2. The van der Waals surface area contributed by atoms with E-state index in [1.165, 1.54) is 24.4 Å². The molecule has 0 aliphatic heterocycles. The van der Waals surface area contributed by atoms with Crippen molar-refractivity contribution in [3.63, 3.8) is 0 Å². The van der Waals surface area contributed by atoms with Gasteiger partial charge in [-0.3, -0.25) is 0 Å². The van der Waals surface area contributed by atoms with E-state index in [9.17, 15) is 4.79 Å². The first kappa shape index (κ1) is 13.8. The molecule has 0 spiro atoms. The molecule has 0 bridgehead atoms. The van der Waals surface area contributed by atoms with Crippen LogP contribution in [0, 0.1) is 11.3 Å². The van der Waals surface area contributed by atoms with Crippen molar-refractivity contribution in [2.75, 3.05) is 5.73 Å². The molecular weight excluding hydrogens is 278 g/mol. The van der Waals surface area contributed by atoms with Gasteiger partial charge in [-0.1, -0.05) is 11.6 Å². The number of hydrogen-bond acceptors (Lipinski definition) is 5. The maximum atomic E-state index is 11.8. The second kappa shape index (κ2) is 6.04. The number of benzene rings is 1. The van der Waals surface area contributed by atoms with Gasteiger partial charge in [0.2, 0.25) is 0 Å². The fraction of sp³-hybridized carbons (Fsp3) is 0.0714. The summed E-state index contributed by atoms with van der Waals surface area (Å²) >= 11 is 5.78. The maximum absolute atomic E-state index is 11.8. The van der Waals surface area contributed by atoms with Crippen molar-refractivity contribution in [3.8, 4) is 6.07 Å². The van der Waals surface area contributed by atoms with Crippen LogP contribution in [-0.2, 0) is 11.3 Å². The highest BCUT2D eigenvalue weighted by Crippen LogP contribution is 2.20. The van der Waals surface area contributed by atoms with Crippen molar-refractivity contribution >= 4 is 23.3 Å². The van der Waals surface area contributed by atoms with Gasteiger partial charge in [-0.15, -0.1) is 0 Å². The zero-order chi connectivity index (χ0) is 14.5. The molecule has 0 saturated carbocycles. The number of nitriles is 1. The fourth-order valence-electron chi connectivity index (χ4n) is 1.53. The lowest BCUT2D eigenvalue weighted by molar-refractivity contribution is 0.0472. The smallest absolute Gasteiger partial charge is 0.338 e. The lowest BCUT2D eigenvalue weighted by Crippen LogP contribution is -2.06. The van der Waals surface area contributed by atoms with Crippen LogP contribution in [0.4, 0.5) is 5.69 Å². The number of pyridine rings is 1. The highest BCUT2D eigenvalue weighted by molar-refractivity contribution is 6.33. The minimum atomic E-state index is -0.510. The largest absolute Gasteiger partial charge is 0.457 e. The molecule has 1 heterocycles. The highest BCUT2D eigenvalue weighted by Gasteiger charge is 2.09. The number of ether oxygens (including phenoxy) is 1. The Morgan fingerprint density at radius 1 is 1.40 bits per heavy atom. The van der Waals surface area contributed by atoms with Crippen molar-refractivity contribution in [2.24, 2.45) is 0 Å². The average Bonchev–Trinajstić information content (AvgIpc) is 2.47. The normalized spacial score (nSPS) is 9.80. The Labute approximate surface area is 120 Å². The standard InChI is InChI=1S/C14H10ClN3O2/c15-12-2-1-10(6-13(12)17)14(19)20-8-9-3-4-18-11(5-9)7-16/h1-6H,8,17H2. The molecule has 20 heavy (non-hydrogen) atoms. The third-order valence-electron chi connectivity index (χ3n) is 2.54. The summed E-state index contributed by atoms with van der Waals surface area (Å²) in [5.74, 6) is -0.510. The molecule has 1 aromatic carbocycles. The molecule has 0 fully saturated rings. The van der Waals surface area contributed by atoms with Gasteiger partial charge in [0.1, 0.15) is 18.4 Å². The molecule has 0 saturated heterocycles. The monoisotopic (exact) mass is 287 g/mol. The van der Waals surface area contributed by atoms with E-state index in [0.29, 0.717) is 21.8 Å². The molecule has 5 nitrogen and oxygen atoms in total. The minimum absolute atomic E-state index is 0.0541. The molecule has 0 unspecified atom stereocenters. The molecular formula is C14H10ClN3O2. The summed E-state index contributed by atoms with van der Waals surface area (Å²) in [4.78, 5) is 15.7. The lowest BCUT2D eigenvalue weighted by atomic mass is 10.2. The van der Waals surface area contributed by atoms with Crippen LogP contribution < -0.4 is 5.73 Å². The van der Waals surface area contributed by atoms with Gasteiger partial charge in [0.05, 0.1) is 16.3 Å². The molecule has 100 valence electrons. The zero-order valence-corrected chi connectivity index (χ0v) is 11.1. The summed E-state index contributed by atoms with van der Waals surface area (Å²) in [6, 6.07) is 9.68. The first-order valence-corrected chi connectivity index (χ1v) is 6.05. The number of carbonyl (C=O) groups is 1. The van der Waals surface area contributed by atoms with E-state index in [1.54, 1.807) is 12.1 Å². The average molecular weight is 288 g/mol. The third kappa shape index (κ3) is 3.25. The van der Waals surface area contributed by atoms with Crippen LogP contribution in [0.15, 0.2) is 36.5 Å². The van der Waals surface area contributed by atoms with E-state index in [1.807, 2.05) is 6.07 Å². The van der Waals surface area contributed by atoms with E-state index in [4.69, 9.17) is 27.3 Å². The quantitative estimate of drug-likeness (QED) is 0.692. The van der Waals surface area contributed by atoms with Gasteiger partial charge in [0.15, 0.2) is 0 Å². The van der Waals surface area contributed by atoms with Crippen LogP contribution >= 0.6 is 11.6 Å². The van der Waals surface area contributed by atoms with Crippen LogP contribution in [0.3, 0.4) is 0 Å². The van der Waals surface area contributed by atoms with Gasteiger partial charge in [-0.2, -0.15) is 5.26 Å². The Morgan fingerprint density at radius 2 is 2.20 bits per heavy atom. The second-order valence-corrected chi connectivity index (χ2v) is 4.38. The summed E-state index contributed by atoms with van der Waals surface area (Å²) in [5.41, 5.74) is 7.22. The van der Waals surface area contributed by atoms with Gasteiger partial charge in [0.25, 0.3) is 0 Å². The number of anilines is 1. The number of nitrogen functional groups attached to an aromatic ring is 1. The van der Waals surface area contributed by atoms with Crippen LogP contribution in [0.1, 0.15) is 21.6 Å². The lowest BCUT2D eigenvalue weighted by Gasteiger charge is -2.06. The first-order valence-electron chi connectivity index (χ1n) is 5.67. The van der Waals surface area contributed by atoms with Gasteiger partial charge < -0.3 is 10.5 Å². The number of halogens is 1. The van der Waals surface area contributed by atoms with E-state index in [2.05, 4.69) is 4.98 Å². The summed E-state index contributed by atoms with van der Waals surface area (Å²) in [5, 5.41) is 9.11. The second-order valence-electron chi connectivity index (χ2n) is 3.97. The van der Waals surface area contributed by atoms with Gasteiger partial charge >= 0.3 is 5.97 Å². The zero-order valence-electron chi connectivity index (χ0n) is 10.3. The van der Waals surface area contributed by atoms with Crippen molar-refractivity contribution in [3.05, 3.63) is 58.4 Å². The number of hydrogen-bond donors (Lipinski definition) is 1. The Morgan fingerprint density at radius 3 is 2.90 bits per heavy atom. The van der Waals surface area contributed by atoms with Crippen LogP contribution in [0.5, 0.6) is 0 Å². The third-order valence-corrected chi connectivity index (χ3v) is 2.88. The molecule has 2 aromatic rings. The summed E-state index contributed by atoms with van der Waals surface area (Å²) in [6.45, 7) is 0.0541. The SMILES string of the molecule is N#Cc1cc(COC(=O)c2ccc(Cl)c(N)c2)ccn1. The molecule has 0 aliphatic carbocycles. The number of rotatable bonds is 3. The molecule has 2 rings (SSSR count). The Kier molecular flexibility index (Phi) is 4.18. The van der Waals surface area contributed by atoms with Crippen molar-refractivity contribution in [1.82, 2.24) is 4.98 Å². The summed E-state index contributed by atoms with van der Waals surface area (Å²) < 4.78 is 5.13. The van der Waals surface area contributed by atoms with Gasteiger partial charge in [-0.05, 0) is 35.9 Å². The van der Waals surface area contributed by atoms with Gasteiger partial charge in [0, 0.05) is 6.20 Å². The van der Waals surface area contributed by atoms with Crippen LogP contribution in [0.2, 0.25) is 5.02 Å². The minimum Gasteiger partial charge on any atom is -0.457 e. The Hall–Kier alpha value is -2.58. The topological polar surface area (TPSA) is 89.0 Å². The summed E-state index contributed by atoms with van der Waals surface area (Å²) in [6.07, 6.45) is 1.49. The van der Waals surface area contributed by atoms with Crippen molar-refractivity contribution in [2.45, 2.75) is 6.61 Å². The molecule has 2 N–H and O–H groups in total. The molecule has 0 atom stereocenters. The maximum Gasteiger partial charge on any atom is 0.338 e. The fourth-order valence-corrected chi connectivity index (χ4v) is 1.65. The predicted octanol–water partition coefficient (Wildman–Crippen LogP) is 2.55. The molecule has 1 aromatic heterocycles. The number of esters is 1. The molecule has 6 heteroatoms. The van der Waals surface area contributed by atoms with E-state index in [0.717, 1.165) is 0 Å². The van der Waals surface area contributed by atoms with Crippen LogP contribution in [0.25, 0.3) is 0 Å². The number of nitrogens with two attached hydrogens (primary N) is 1. The predicted molar refractivity (Wildman–Crippen MR) is 73.9 cm³/mol. The number of carbonyl (C=O) groups excluding carboxylic acids is 1. The van der Waals surface area contributed by atoms with E-state index >= 15 is 0 Å². The van der Waals surface area contributed by atoms with Crippen molar-refractivity contribution < 1.29 is 9.53 Å². The van der Waals surface area contributed by atoms with Crippen LogP contribution in [-0.4, -0.2) is 11.0 Å². The first-order chi connectivity index (χ1) is 9.60. The Balaban J connectivity index is 2.05. The number of aromatic nitrogens is 1. The van der Waals surface area contributed by atoms with Crippen molar-refractivity contribution in [1.29, 1.82) is 5.26 Å². The Bertz CT molecular complexity index is 695. The van der Waals surface area contributed by atoms with Gasteiger partial charge in [-0.25, -0.2) is 9.78 Å². The van der Waals surface area contributed by atoms with E-state index < -0.39 is 5.97 Å². The summed E-state index contributed by atoms with van der Waals surface area (Å²) in [7, 11) is 0. The molecule has 0 radical (unpaired) electrons. The molecule has 0 amide bonds. The van der Waals surface area contributed by atoms with E-state index in [-0.39, 0.29) is 12.3 Å².